The molecular formula is C24H26FN3O5S2. The maximum atomic E-state index is 14.1. The molecule has 0 radical (unpaired) electrons. The third-order valence-electron chi connectivity index (χ3n) is 6.34. The van der Waals surface area contributed by atoms with E-state index in [4.69, 9.17) is 9.84 Å². The van der Waals surface area contributed by atoms with Crippen LogP contribution in [0.1, 0.15) is 61.4 Å². The zero-order valence-corrected chi connectivity index (χ0v) is 21.2. The number of anilines is 1. The van der Waals surface area contributed by atoms with Crippen molar-refractivity contribution in [2.75, 3.05) is 11.8 Å². The van der Waals surface area contributed by atoms with E-state index in [0.717, 1.165) is 36.3 Å². The number of carboxylic acid groups (broad SMARTS) is 1. The maximum absolute atomic E-state index is 14.1. The van der Waals surface area contributed by atoms with Crippen LogP contribution in [-0.2, 0) is 10.0 Å². The van der Waals surface area contributed by atoms with Gasteiger partial charge in [0.05, 0.1) is 24.1 Å². The number of thiazole rings is 1. The second-order valence-corrected chi connectivity index (χ2v) is 11.8. The second-order valence-electron chi connectivity index (χ2n) is 9.35. The fourth-order valence-electron chi connectivity index (χ4n) is 4.17. The van der Waals surface area contributed by atoms with E-state index < -0.39 is 27.4 Å². The first-order chi connectivity index (χ1) is 16.5. The highest BCUT2D eigenvalue weighted by Gasteiger charge is 2.28. The minimum atomic E-state index is -4.19. The van der Waals surface area contributed by atoms with Crippen LogP contribution in [0.15, 0.2) is 40.9 Å². The van der Waals surface area contributed by atoms with Crippen LogP contribution in [0.2, 0.25) is 0 Å². The molecule has 1 fully saturated rings. The summed E-state index contributed by atoms with van der Waals surface area (Å²) >= 11 is 1.12. The molecule has 186 valence electrons. The van der Waals surface area contributed by atoms with E-state index in [1.807, 2.05) is 18.3 Å². The summed E-state index contributed by atoms with van der Waals surface area (Å²) in [5, 5.41) is 10.6. The van der Waals surface area contributed by atoms with Crippen molar-refractivity contribution in [2.24, 2.45) is 5.41 Å². The Balaban J connectivity index is 1.52. The molecule has 1 aromatic carbocycles. The minimum Gasteiger partial charge on any atom is -0.495 e. The number of pyridine rings is 1. The van der Waals surface area contributed by atoms with Crippen LogP contribution in [0.5, 0.6) is 5.75 Å². The number of hydrogen-bond donors (Lipinski definition) is 2. The summed E-state index contributed by atoms with van der Waals surface area (Å²) < 4.78 is 47.1. The van der Waals surface area contributed by atoms with E-state index in [1.54, 1.807) is 0 Å². The highest BCUT2D eigenvalue weighted by Crippen LogP contribution is 2.42. The summed E-state index contributed by atoms with van der Waals surface area (Å²) in [6, 6.07) is 5.55. The lowest BCUT2D eigenvalue weighted by atomic mass is 9.71. The van der Waals surface area contributed by atoms with Crippen LogP contribution in [0.3, 0.4) is 0 Å². The molecule has 8 nitrogen and oxygen atoms in total. The molecule has 0 atom stereocenters. The van der Waals surface area contributed by atoms with E-state index in [9.17, 15) is 17.6 Å². The predicted molar refractivity (Wildman–Crippen MR) is 131 cm³/mol. The zero-order valence-electron chi connectivity index (χ0n) is 19.5. The Labute approximate surface area is 207 Å². The standard InChI is InChI=1S/C24H26FN3O5S2/c1-24(2)8-6-14(7-9-24)15-4-5-18(26-12-15)22-27-21(13-34-22)35(31,32)28-19-11-17(25)16(23(29)30)10-20(19)33-3/h4-5,10-14,28H,6-9H2,1-3H3,(H,29,30). The molecule has 11 heteroatoms. The Morgan fingerprint density at radius 3 is 2.57 bits per heavy atom. The third-order valence-corrected chi connectivity index (χ3v) is 8.60. The van der Waals surface area contributed by atoms with Gasteiger partial charge in [-0.1, -0.05) is 19.9 Å². The molecule has 0 spiro atoms. The Morgan fingerprint density at radius 2 is 1.97 bits per heavy atom. The van der Waals surface area contributed by atoms with Gasteiger partial charge < -0.3 is 9.84 Å². The van der Waals surface area contributed by atoms with Crippen molar-refractivity contribution in [1.29, 1.82) is 0 Å². The number of nitrogens with one attached hydrogen (secondary N) is 1. The highest BCUT2D eigenvalue weighted by atomic mass is 32.2. The summed E-state index contributed by atoms with van der Waals surface area (Å²) in [5.74, 6) is -2.25. The number of nitrogens with zero attached hydrogens (tertiary/aromatic N) is 2. The van der Waals surface area contributed by atoms with Gasteiger partial charge in [0.1, 0.15) is 16.6 Å². The summed E-state index contributed by atoms with van der Waals surface area (Å²) in [7, 11) is -2.97. The van der Waals surface area contributed by atoms with Crippen molar-refractivity contribution < 1.29 is 27.4 Å². The molecule has 1 aliphatic rings. The first kappa shape index (κ1) is 25.1. The molecule has 1 saturated carbocycles. The van der Waals surface area contributed by atoms with Crippen molar-refractivity contribution in [2.45, 2.75) is 50.5 Å². The van der Waals surface area contributed by atoms with E-state index in [-0.39, 0.29) is 16.5 Å². The van der Waals surface area contributed by atoms with Gasteiger partial charge >= 0.3 is 5.97 Å². The van der Waals surface area contributed by atoms with Crippen molar-refractivity contribution in [3.05, 3.63) is 52.8 Å². The monoisotopic (exact) mass is 519 g/mol. The Bertz CT molecular complexity index is 1340. The van der Waals surface area contributed by atoms with Gasteiger partial charge in [-0.2, -0.15) is 8.42 Å². The zero-order chi connectivity index (χ0) is 25.4. The normalized spacial score (nSPS) is 16.1. The predicted octanol–water partition coefficient (Wildman–Crippen LogP) is 5.54. The largest absolute Gasteiger partial charge is 0.495 e. The van der Waals surface area contributed by atoms with Gasteiger partial charge in [0.25, 0.3) is 10.0 Å². The van der Waals surface area contributed by atoms with Gasteiger partial charge in [0.15, 0.2) is 5.03 Å². The quantitative estimate of drug-likeness (QED) is 0.421. The van der Waals surface area contributed by atoms with Gasteiger partial charge in [-0.3, -0.25) is 9.71 Å². The molecule has 0 aliphatic heterocycles. The lowest BCUT2D eigenvalue weighted by Gasteiger charge is -2.34. The van der Waals surface area contributed by atoms with Crippen LogP contribution in [0.25, 0.3) is 10.7 Å². The average molecular weight is 520 g/mol. The van der Waals surface area contributed by atoms with Crippen LogP contribution in [0.4, 0.5) is 10.1 Å². The molecule has 0 bridgehead atoms. The van der Waals surface area contributed by atoms with Crippen LogP contribution in [0, 0.1) is 11.2 Å². The molecule has 2 N–H and O–H groups in total. The fraction of sp³-hybridized carbons (Fsp3) is 0.375. The van der Waals surface area contributed by atoms with Crippen molar-refractivity contribution in [1.82, 2.24) is 9.97 Å². The molecule has 3 aromatic rings. The number of halogens is 1. The highest BCUT2D eigenvalue weighted by molar-refractivity contribution is 7.92. The van der Waals surface area contributed by atoms with Crippen LogP contribution >= 0.6 is 11.3 Å². The Morgan fingerprint density at radius 1 is 1.26 bits per heavy atom. The molecule has 0 amide bonds. The molecular weight excluding hydrogens is 493 g/mol. The molecule has 35 heavy (non-hydrogen) atoms. The molecule has 2 aromatic heterocycles. The summed E-state index contributed by atoms with van der Waals surface area (Å²) in [4.78, 5) is 19.9. The van der Waals surface area contributed by atoms with Crippen molar-refractivity contribution in [3.63, 3.8) is 0 Å². The second kappa shape index (κ2) is 9.54. The number of rotatable bonds is 7. The van der Waals surface area contributed by atoms with E-state index >= 15 is 0 Å². The Hall–Kier alpha value is -3.05. The average Bonchev–Trinajstić information content (AvgIpc) is 3.30. The lowest BCUT2D eigenvalue weighted by Crippen LogP contribution is -2.20. The van der Waals surface area contributed by atoms with Crippen LogP contribution < -0.4 is 9.46 Å². The molecule has 0 saturated heterocycles. The summed E-state index contributed by atoms with van der Waals surface area (Å²) in [6.45, 7) is 4.59. The third kappa shape index (κ3) is 5.46. The topological polar surface area (TPSA) is 118 Å². The number of carboxylic acids is 1. The van der Waals surface area contributed by atoms with Crippen molar-refractivity contribution in [3.8, 4) is 16.5 Å². The Kier molecular flexibility index (Phi) is 6.83. The SMILES string of the molecule is COc1cc(C(=O)O)c(F)cc1NS(=O)(=O)c1csc(-c2ccc(C3CCC(C)(C)CC3)cn2)n1. The summed E-state index contributed by atoms with van der Waals surface area (Å²) in [6.07, 6.45) is 6.43. The van der Waals surface area contributed by atoms with Crippen molar-refractivity contribution >= 4 is 33.0 Å². The number of ether oxygens (including phenoxy) is 1. The van der Waals surface area contributed by atoms with E-state index in [0.29, 0.717) is 22.0 Å². The first-order valence-corrected chi connectivity index (χ1v) is 13.4. The number of hydrogen-bond acceptors (Lipinski definition) is 7. The lowest BCUT2D eigenvalue weighted by molar-refractivity contribution is 0.0691. The molecule has 0 unspecified atom stereocenters. The number of sulfonamides is 1. The number of aromatic nitrogens is 2. The van der Waals surface area contributed by atoms with Crippen LogP contribution in [-0.4, -0.2) is 36.6 Å². The number of carbonyl (C=O) groups is 1. The first-order valence-electron chi connectivity index (χ1n) is 11.0. The number of benzene rings is 1. The minimum absolute atomic E-state index is 0.133. The van der Waals surface area contributed by atoms with E-state index in [2.05, 4.69) is 28.5 Å². The summed E-state index contributed by atoms with van der Waals surface area (Å²) in [5.41, 5.74) is 1.25. The van der Waals surface area contributed by atoms with Gasteiger partial charge in [0.2, 0.25) is 0 Å². The smallest absolute Gasteiger partial charge is 0.338 e. The molecule has 2 heterocycles. The maximum Gasteiger partial charge on any atom is 0.338 e. The number of aromatic carboxylic acids is 1. The van der Waals surface area contributed by atoms with Gasteiger partial charge in [-0.05, 0) is 54.7 Å². The van der Waals surface area contributed by atoms with Gasteiger partial charge in [-0.25, -0.2) is 14.2 Å². The number of methoxy groups -OCH3 is 1. The fourth-order valence-corrected chi connectivity index (χ4v) is 6.30. The molecule has 1 aliphatic carbocycles. The van der Waals surface area contributed by atoms with E-state index in [1.165, 1.54) is 30.9 Å². The van der Waals surface area contributed by atoms with Gasteiger partial charge in [0, 0.05) is 17.6 Å². The van der Waals surface area contributed by atoms with Gasteiger partial charge in [-0.15, -0.1) is 11.3 Å². The molecule has 4 rings (SSSR count).